The first kappa shape index (κ1) is 21.2. The van der Waals surface area contributed by atoms with Crippen molar-refractivity contribution >= 4 is 27.3 Å². The zero-order chi connectivity index (χ0) is 20.9. The lowest BCUT2D eigenvalue weighted by Gasteiger charge is -2.32. The van der Waals surface area contributed by atoms with E-state index in [0.29, 0.717) is 5.69 Å². The second-order valence-corrected chi connectivity index (χ2v) is 8.74. The molecule has 3 rings (SSSR count). The molecule has 0 aromatic heterocycles. The highest BCUT2D eigenvalue weighted by atomic mass is 32.2. The number of carbonyl (C=O) groups is 1. The maximum absolute atomic E-state index is 12.9. The topological polar surface area (TPSA) is 87.7 Å². The molecule has 0 bridgehead atoms. The molecule has 1 amide bonds. The summed E-state index contributed by atoms with van der Waals surface area (Å²) in [5.74, 6) is -0.304. The van der Waals surface area contributed by atoms with Crippen molar-refractivity contribution in [3.8, 4) is 0 Å². The van der Waals surface area contributed by atoms with Crippen LogP contribution in [0.5, 0.6) is 0 Å². The van der Waals surface area contributed by atoms with E-state index in [1.807, 2.05) is 17.0 Å². The lowest BCUT2D eigenvalue weighted by Crippen LogP contribution is -2.32. The first-order valence-corrected chi connectivity index (χ1v) is 10.9. The first-order chi connectivity index (χ1) is 13.8. The van der Waals surface area contributed by atoms with Crippen LogP contribution < -0.4 is 15.1 Å². The number of carbonyl (C=O) groups excluding carboxylic acids is 1. The molecule has 9 heteroatoms. The van der Waals surface area contributed by atoms with Gasteiger partial charge in [-0.05, 0) is 67.3 Å². The van der Waals surface area contributed by atoms with E-state index in [1.165, 1.54) is 12.8 Å². The molecule has 0 atom stereocenters. The SMILES string of the molecule is CC1CCN(c2ccc(NC(=O)CONS(=O)(=O)c3ccc(F)cc3)cc2)CC1. The van der Waals surface area contributed by atoms with E-state index in [9.17, 15) is 17.6 Å². The molecular weight excluding hydrogens is 397 g/mol. The Morgan fingerprint density at radius 3 is 2.34 bits per heavy atom. The van der Waals surface area contributed by atoms with Crippen molar-refractivity contribution in [2.24, 2.45) is 5.92 Å². The van der Waals surface area contributed by atoms with Gasteiger partial charge in [0.15, 0.2) is 0 Å². The van der Waals surface area contributed by atoms with Crippen LogP contribution in [0.25, 0.3) is 0 Å². The van der Waals surface area contributed by atoms with E-state index in [0.717, 1.165) is 49.0 Å². The molecule has 1 aliphatic rings. The molecule has 0 saturated carbocycles. The second-order valence-electron chi connectivity index (χ2n) is 7.09. The number of hydrogen-bond donors (Lipinski definition) is 2. The van der Waals surface area contributed by atoms with Gasteiger partial charge in [0.05, 0.1) is 4.90 Å². The Labute approximate surface area is 169 Å². The van der Waals surface area contributed by atoms with Gasteiger partial charge >= 0.3 is 0 Å². The highest BCUT2D eigenvalue weighted by molar-refractivity contribution is 7.89. The number of nitrogens with one attached hydrogen (secondary N) is 2. The molecule has 156 valence electrons. The highest BCUT2D eigenvalue weighted by Gasteiger charge is 2.17. The number of halogens is 1. The van der Waals surface area contributed by atoms with E-state index in [-0.39, 0.29) is 4.90 Å². The maximum atomic E-state index is 12.9. The Morgan fingerprint density at radius 1 is 1.10 bits per heavy atom. The highest BCUT2D eigenvalue weighted by Crippen LogP contribution is 2.24. The fraction of sp³-hybridized carbons (Fsp3) is 0.350. The van der Waals surface area contributed by atoms with Gasteiger partial charge in [0.25, 0.3) is 15.9 Å². The van der Waals surface area contributed by atoms with Crippen molar-refractivity contribution in [3.63, 3.8) is 0 Å². The number of hydrogen-bond acceptors (Lipinski definition) is 5. The molecule has 29 heavy (non-hydrogen) atoms. The molecular formula is C20H24FN3O4S. The molecule has 1 saturated heterocycles. The van der Waals surface area contributed by atoms with E-state index in [2.05, 4.69) is 17.1 Å². The molecule has 1 fully saturated rings. The summed E-state index contributed by atoms with van der Waals surface area (Å²) in [6.07, 6.45) is 2.34. The molecule has 0 spiro atoms. The maximum Gasteiger partial charge on any atom is 0.262 e. The van der Waals surface area contributed by atoms with Gasteiger partial charge in [0.1, 0.15) is 12.4 Å². The van der Waals surface area contributed by atoms with Crippen molar-refractivity contribution in [2.75, 3.05) is 29.9 Å². The molecule has 2 aromatic rings. The molecule has 0 unspecified atom stereocenters. The van der Waals surface area contributed by atoms with Gasteiger partial charge in [-0.3, -0.25) is 9.63 Å². The van der Waals surface area contributed by atoms with Crippen LogP contribution in [0.1, 0.15) is 19.8 Å². The Morgan fingerprint density at radius 2 is 1.72 bits per heavy atom. The molecule has 1 aliphatic heterocycles. The normalized spacial score (nSPS) is 15.3. The zero-order valence-corrected chi connectivity index (χ0v) is 16.9. The van der Waals surface area contributed by atoms with Crippen molar-refractivity contribution in [1.29, 1.82) is 0 Å². The third-order valence-electron chi connectivity index (χ3n) is 4.80. The Kier molecular flexibility index (Phi) is 6.83. The number of anilines is 2. The lowest BCUT2D eigenvalue weighted by molar-refractivity contribution is -0.121. The average Bonchev–Trinajstić information content (AvgIpc) is 2.69. The minimum absolute atomic E-state index is 0.165. The summed E-state index contributed by atoms with van der Waals surface area (Å²) in [6.45, 7) is 3.80. The van der Waals surface area contributed by atoms with Gasteiger partial charge in [-0.1, -0.05) is 11.8 Å². The summed E-state index contributed by atoms with van der Waals surface area (Å²) >= 11 is 0. The fourth-order valence-corrected chi connectivity index (χ4v) is 3.86. The van der Waals surface area contributed by atoms with Crippen LogP contribution in [0.4, 0.5) is 15.8 Å². The quantitative estimate of drug-likeness (QED) is 0.672. The van der Waals surface area contributed by atoms with Crippen molar-refractivity contribution in [3.05, 3.63) is 54.3 Å². The predicted octanol–water partition coefficient (Wildman–Crippen LogP) is 2.91. The monoisotopic (exact) mass is 421 g/mol. The summed E-state index contributed by atoms with van der Waals surface area (Å²) in [6, 6.07) is 11.7. The summed E-state index contributed by atoms with van der Waals surface area (Å²) < 4.78 is 36.9. The average molecular weight is 421 g/mol. The van der Waals surface area contributed by atoms with Crippen LogP contribution >= 0.6 is 0 Å². The molecule has 1 heterocycles. The number of benzene rings is 2. The molecule has 2 aromatic carbocycles. The van der Waals surface area contributed by atoms with E-state index < -0.39 is 28.4 Å². The molecule has 0 aliphatic carbocycles. The van der Waals surface area contributed by atoms with Crippen molar-refractivity contribution in [1.82, 2.24) is 4.89 Å². The van der Waals surface area contributed by atoms with E-state index in [1.54, 1.807) is 12.1 Å². The van der Waals surface area contributed by atoms with Gasteiger partial charge < -0.3 is 10.2 Å². The fourth-order valence-electron chi connectivity index (χ4n) is 3.05. The minimum atomic E-state index is -3.99. The van der Waals surface area contributed by atoms with Gasteiger partial charge in [0.2, 0.25) is 0 Å². The number of piperidine rings is 1. The molecule has 2 N–H and O–H groups in total. The summed E-state index contributed by atoms with van der Waals surface area (Å²) in [5.41, 5.74) is 1.70. The van der Waals surface area contributed by atoms with Gasteiger partial charge in [-0.2, -0.15) is 0 Å². The van der Waals surface area contributed by atoms with Crippen LogP contribution in [-0.4, -0.2) is 34.0 Å². The Bertz CT molecular complexity index is 925. The second kappa shape index (κ2) is 9.34. The van der Waals surface area contributed by atoms with Crippen LogP contribution in [0.2, 0.25) is 0 Å². The van der Waals surface area contributed by atoms with E-state index in [4.69, 9.17) is 4.84 Å². The van der Waals surface area contributed by atoms with E-state index >= 15 is 0 Å². The largest absolute Gasteiger partial charge is 0.372 e. The molecule has 0 radical (unpaired) electrons. The van der Waals surface area contributed by atoms with Crippen LogP contribution in [0.15, 0.2) is 53.4 Å². The standard InChI is InChI=1S/C20H24FN3O4S/c1-15-10-12-24(13-11-15)18-6-4-17(5-7-18)22-20(25)14-28-23-29(26,27)19-8-2-16(21)3-9-19/h2-9,15,23H,10-14H2,1H3,(H,22,25). The third kappa shape index (κ3) is 5.99. The zero-order valence-electron chi connectivity index (χ0n) is 16.1. The summed E-state index contributed by atoms with van der Waals surface area (Å²) in [4.78, 5) is 20.8. The number of sulfonamides is 1. The predicted molar refractivity (Wildman–Crippen MR) is 108 cm³/mol. The van der Waals surface area contributed by atoms with Crippen molar-refractivity contribution in [2.45, 2.75) is 24.7 Å². The lowest BCUT2D eigenvalue weighted by atomic mass is 9.99. The van der Waals surface area contributed by atoms with Crippen LogP contribution in [-0.2, 0) is 19.7 Å². The third-order valence-corrected chi connectivity index (χ3v) is 6.03. The summed E-state index contributed by atoms with van der Waals surface area (Å²) in [5, 5.41) is 2.65. The molecule has 7 nitrogen and oxygen atoms in total. The number of amides is 1. The first-order valence-electron chi connectivity index (χ1n) is 9.37. The van der Waals surface area contributed by atoms with Gasteiger partial charge in [0, 0.05) is 24.5 Å². The van der Waals surface area contributed by atoms with Crippen molar-refractivity contribution < 1.29 is 22.4 Å². The minimum Gasteiger partial charge on any atom is -0.372 e. The summed E-state index contributed by atoms with van der Waals surface area (Å²) in [7, 11) is -3.99. The number of nitrogens with zero attached hydrogens (tertiary/aromatic N) is 1. The van der Waals surface area contributed by atoms with Gasteiger partial charge in [-0.15, -0.1) is 0 Å². The van der Waals surface area contributed by atoms with Crippen LogP contribution in [0, 0.1) is 11.7 Å². The Balaban J connectivity index is 1.46. The number of rotatable bonds is 7. The smallest absolute Gasteiger partial charge is 0.262 e. The van der Waals surface area contributed by atoms with Crippen LogP contribution in [0.3, 0.4) is 0 Å². The van der Waals surface area contributed by atoms with Gasteiger partial charge in [-0.25, -0.2) is 12.8 Å². The Hall–Kier alpha value is -2.49.